The van der Waals surface area contributed by atoms with Crippen LogP contribution in [-0.2, 0) is 4.74 Å². The summed E-state index contributed by atoms with van der Waals surface area (Å²) < 4.78 is 22.3. The van der Waals surface area contributed by atoms with Gasteiger partial charge in [0.15, 0.2) is 5.82 Å². The van der Waals surface area contributed by atoms with E-state index in [1.54, 1.807) is 6.07 Å². The number of rotatable bonds is 4. The first-order valence-corrected chi connectivity index (χ1v) is 9.87. The van der Waals surface area contributed by atoms with E-state index in [9.17, 15) is 9.59 Å². The molecule has 2 fully saturated rings. The van der Waals surface area contributed by atoms with E-state index in [2.05, 4.69) is 15.9 Å². The van der Waals surface area contributed by atoms with Gasteiger partial charge in [-0.3, -0.25) is 4.79 Å². The number of ether oxygens (including phenoxy) is 1. The van der Waals surface area contributed by atoms with Crippen molar-refractivity contribution in [1.29, 1.82) is 0 Å². The van der Waals surface area contributed by atoms with Crippen molar-refractivity contribution in [3.63, 3.8) is 0 Å². The van der Waals surface area contributed by atoms with E-state index in [-0.39, 0.29) is 29.9 Å². The molecule has 1 atom stereocenters. The third-order valence-electron chi connectivity index (χ3n) is 5.45. The number of amides is 1. The van der Waals surface area contributed by atoms with E-state index in [1.807, 2.05) is 16.4 Å². The molecule has 8 heteroatoms. The number of carbonyl (C=O) groups excluding carboxylic acids is 1. The second-order valence-corrected chi connectivity index (χ2v) is 8.16. The van der Waals surface area contributed by atoms with E-state index in [1.165, 1.54) is 6.07 Å². The number of hydrogen-bond donors (Lipinski definition) is 1. The molecule has 27 heavy (non-hydrogen) atoms. The third-order valence-corrected chi connectivity index (χ3v) is 6.22. The van der Waals surface area contributed by atoms with E-state index >= 15 is 4.39 Å². The minimum atomic E-state index is -0.794. The molecule has 1 aromatic heterocycles. The highest BCUT2D eigenvalue weighted by Crippen LogP contribution is 2.43. The molecule has 1 aliphatic heterocycles. The van der Waals surface area contributed by atoms with Crippen LogP contribution in [-0.4, -0.2) is 30.4 Å². The number of fused-ring (bicyclic) bond motifs is 1. The maximum absolute atomic E-state index is 15.3. The van der Waals surface area contributed by atoms with Crippen molar-refractivity contribution in [1.82, 2.24) is 4.57 Å². The maximum atomic E-state index is 15.3. The molecule has 1 aromatic carbocycles. The number of carbonyl (C=O) groups is 1. The first-order chi connectivity index (χ1) is 12.9. The summed E-state index contributed by atoms with van der Waals surface area (Å²) >= 11 is 3.40. The smallest absolute Gasteiger partial charge is 0.404 e. The topological polar surface area (TPSA) is 77.6 Å². The molecule has 6 nitrogen and oxygen atoms in total. The van der Waals surface area contributed by atoms with Crippen molar-refractivity contribution >= 4 is 38.6 Å². The Hall–Kier alpha value is -2.09. The summed E-state index contributed by atoms with van der Waals surface area (Å²) in [5, 5.41) is 0.716. The highest BCUT2D eigenvalue weighted by Gasteiger charge is 2.32. The Kier molecular flexibility index (Phi) is 4.61. The molecule has 144 valence electrons. The summed E-state index contributed by atoms with van der Waals surface area (Å²) in [6.45, 7) is 3.33. The van der Waals surface area contributed by atoms with E-state index in [0.717, 1.165) is 30.3 Å². The van der Waals surface area contributed by atoms with E-state index < -0.39 is 6.09 Å². The lowest BCUT2D eigenvalue weighted by molar-refractivity contribution is 0.140. The fraction of sp³-hybridized carbons (Fsp3) is 0.474. The van der Waals surface area contributed by atoms with Gasteiger partial charge in [-0.1, -0.05) is 0 Å². The predicted molar refractivity (Wildman–Crippen MR) is 105 cm³/mol. The highest BCUT2D eigenvalue weighted by molar-refractivity contribution is 9.10. The van der Waals surface area contributed by atoms with Crippen LogP contribution >= 0.6 is 15.9 Å². The minimum Gasteiger partial charge on any atom is -0.449 e. The summed E-state index contributed by atoms with van der Waals surface area (Å²) in [5.74, 6) is -0.218. The molecule has 2 aromatic rings. The van der Waals surface area contributed by atoms with Gasteiger partial charge in [0.25, 0.3) is 5.56 Å². The fourth-order valence-corrected chi connectivity index (χ4v) is 4.56. The number of pyridine rings is 1. The zero-order valence-corrected chi connectivity index (χ0v) is 16.6. The summed E-state index contributed by atoms with van der Waals surface area (Å²) in [5.41, 5.74) is 7.07. The largest absolute Gasteiger partial charge is 0.449 e. The Balaban J connectivity index is 1.79. The molecular weight excluding hydrogens is 417 g/mol. The van der Waals surface area contributed by atoms with Crippen molar-refractivity contribution in [2.45, 2.75) is 32.2 Å². The van der Waals surface area contributed by atoms with Gasteiger partial charge in [0.1, 0.15) is 0 Å². The molecule has 1 saturated heterocycles. The number of aryl methyl sites for hydroxylation is 1. The van der Waals surface area contributed by atoms with Crippen LogP contribution in [0.1, 0.15) is 30.9 Å². The van der Waals surface area contributed by atoms with Gasteiger partial charge >= 0.3 is 6.09 Å². The third kappa shape index (κ3) is 3.20. The van der Waals surface area contributed by atoms with Crippen molar-refractivity contribution in [2.24, 2.45) is 11.7 Å². The molecule has 1 saturated carbocycles. The normalized spacial score (nSPS) is 19.7. The second-order valence-electron chi connectivity index (χ2n) is 7.37. The van der Waals surface area contributed by atoms with Gasteiger partial charge in [0, 0.05) is 36.5 Å². The van der Waals surface area contributed by atoms with Gasteiger partial charge in [-0.25, -0.2) is 9.18 Å². The number of nitrogens with zero attached hydrogens (tertiary/aromatic N) is 2. The Morgan fingerprint density at radius 3 is 2.78 bits per heavy atom. The number of benzene rings is 1. The van der Waals surface area contributed by atoms with E-state index in [4.69, 9.17) is 10.5 Å². The number of primary amides is 1. The van der Waals surface area contributed by atoms with Crippen molar-refractivity contribution in [3.05, 3.63) is 38.3 Å². The summed E-state index contributed by atoms with van der Waals surface area (Å²) in [4.78, 5) is 25.3. The second kappa shape index (κ2) is 6.82. The average Bonchev–Trinajstić information content (AvgIpc) is 3.36. The lowest BCUT2D eigenvalue weighted by Gasteiger charge is -2.25. The predicted octanol–water partition coefficient (Wildman–Crippen LogP) is 3.47. The zero-order valence-electron chi connectivity index (χ0n) is 15.0. The number of halogens is 2. The summed E-state index contributed by atoms with van der Waals surface area (Å²) in [7, 11) is 0. The van der Waals surface area contributed by atoms with Crippen LogP contribution in [0.3, 0.4) is 0 Å². The Bertz CT molecular complexity index is 987. The van der Waals surface area contributed by atoms with Crippen molar-refractivity contribution in [3.8, 4) is 0 Å². The van der Waals surface area contributed by atoms with Crippen molar-refractivity contribution < 1.29 is 13.9 Å². The maximum Gasteiger partial charge on any atom is 0.404 e. The zero-order chi connectivity index (χ0) is 19.3. The molecule has 1 amide bonds. The molecule has 0 radical (unpaired) electrons. The van der Waals surface area contributed by atoms with Crippen LogP contribution in [0.25, 0.3) is 10.9 Å². The molecule has 0 bridgehead atoms. The lowest BCUT2D eigenvalue weighted by atomic mass is 10.1. The van der Waals surface area contributed by atoms with Crippen LogP contribution in [0.5, 0.6) is 0 Å². The number of aromatic nitrogens is 1. The summed E-state index contributed by atoms with van der Waals surface area (Å²) in [6.07, 6.45) is 1.93. The Labute approximate surface area is 164 Å². The molecule has 4 rings (SSSR count). The van der Waals surface area contributed by atoms with Gasteiger partial charge in [-0.05, 0) is 53.7 Å². The number of hydrogen-bond acceptors (Lipinski definition) is 4. The molecule has 0 spiro atoms. The monoisotopic (exact) mass is 437 g/mol. The van der Waals surface area contributed by atoms with Crippen LogP contribution in [0.2, 0.25) is 0 Å². The molecule has 2 N–H and O–H groups in total. The molecule has 2 aliphatic rings. The SMILES string of the molecule is Cc1c(N2CCC(COC(N)=O)C2)c(F)c(Br)c2ccc(=O)n(C3CC3)c12. The number of nitrogens with two attached hydrogens (primary N) is 1. The Morgan fingerprint density at radius 1 is 1.37 bits per heavy atom. The number of anilines is 1. The van der Waals surface area contributed by atoms with Crippen molar-refractivity contribution in [2.75, 3.05) is 24.6 Å². The van der Waals surface area contributed by atoms with Gasteiger partial charge < -0.3 is 19.9 Å². The van der Waals surface area contributed by atoms with Crippen LogP contribution in [0, 0.1) is 18.7 Å². The lowest BCUT2D eigenvalue weighted by Crippen LogP contribution is -2.26. The van der Waals surface area contributed by atoms with Gasteiger partial charge in [-0.2, -0.15) is 0 Å². The summed E-state index contributed by atoms with van der Waals surface area (Å²) in [6, 6.07) is 3.39. The fourth-order valence-electron chi connectivity index (χ4n) is 4.06. The van der Waals surface area contributed by atoms with Crippen LogP contribution in [0.4, 0.5) is 14.9 Å². The van der Waals surface area contributed by atoms with Gasteiger partial charge in [-0.15, -0.1) is 0 Å². The quantitative estimate of drug-likeness (QED) is 0.793. The first-order valence-electron chi connectivity index (χ1n) is 9.08. The minimum absolute atomic E-state index is 0.0493. The first kappa shape index (κ1) is 18.3. The van der Waals surface area contributed by atoms with Gasteiger partial charge in [0.2, 0.25) is 0 Å². The average molecular weight is 438 g/mol. The highest BCUT2D eigenvalue weighted by atomic mass is 79.9. The van der Waals surface area contributed by atoms with Crippen LogP contribution in [0.15, 0.2) is 21.4 Å². The molecular formula is C19H21BrFN3O3. The molecule has 2 heterocycles. The molecule has 1 aliphatic carbocycles. The van der Waals surface area contributed by atoms with Gasteiger partial charge in [0.05, 0.1) is 22.3 Å². The van der Waals surface area contributed by atoms with E-state index in [0.29, 0.717) is 28.6 Å². The standard InChI is InChI=1S/C19H21BrFN3O3/c1-10-17-13(4-5-14(25)24(17)12-2-3-12)15(20)16(21)18(10)23-7-6-11(8-23)9-27-19(22)26/h4-5,11-12H,2-3,6-9H2,1H3,(H2,22,26). The van der Waals surface area contributed by atoms with Crippen LogP contribution < -0.4 is 16.2 Å². The molecule has 1 unspecified atom stereocenters. The Morgan fingerprint density at radius 2 is 2.11 bits per heavy atom.